The number of nitrogens with zero attached hydrogens (tertiary/aromatic N) is 1. The summed E-state index contributed by atoms with van der Waals surface area (Å²) in [6.07, 6.45) is 2.77. The van der Waals surface area contributed by atoms with Crippen molar-refractivity contribution in [3.8, 4) is 0 Å². The van der Waals surface area contributed by atoms with Gasteiger partial charge in [-0.15, -0.1) is 0 Å². The fraction of sp³-hybridized carbons (Fsp3) is 0.273. The number of aromatic nitrogens is 1. The van der Waals surface area contributed by atoms with Gasteiger partial charge in [0.25, 0.3) is 0 Å². The smallest absolute Gasteiger partial charge is 0.339 e. The van der Waals surface area contributed by atoms with Crippen molar-refractivity contribution in [2.75, 3.05) is 11.1 Å². The maximum Gasteiger partial charge on any atom is 0.339 e. The Morgan fingerprint density at radius 3 is 2.83 bits per heavy atom. The number of rotatable bonds is 3. The van der Waals surface area contributed by atoms with Crippen LogP contribution in [0.2, 0.25) is 0 Å². The number of hydrogen-bond acceptors (Lipinski definition) is 5. The molecule has 7 heteroatoms. The normalized spacial score (nSPS) is 20.8. The van der Waals surface area contributed by atoms with Crippen LogP contribution in [-0.2, 0) is 9.84 Å². The topological polar surface area (TPSA) is 96.4 Å². The average molecular weight is 268 g/mol. The van der Waals surface area contributed by atoms with E-state index in [-0.39, 0.29) is 11.3 Å². The molecule has 0 amide bonds. The minimum absolute atomic E-state index is 0.0262. The van der Waals surface area contributed by atoms with Gasteiger partial charge in [0.1, 0.15) is 5.56 Å². The summed E-state index contributed by atoms with van der Waals surface area (Å²) >= 11 is 0. The van der Waals surface area contributed by atoms with Crippen LogP contribution >= 0.6 is 0 Å². The molecule has 6 nitrogen and oxygen atoms in total. The Morgan fingerprint density at radius 2 is 2.28 bits per heavy atom. The van der Waals surface area contributed by atoms with Crippen molar-refractivity contribution in [1.82, 2.24) is 4.98 Å². The molecule has 0 saturated heterocycles. The zero-order valence-electron chi connectivity index (χ0n) is 9.62. The van der Waals surface area contributed by atoms with Crippen molar-refractivity contribution in [1.29, 1.82) is 0 Å². The Balaban J connectivity index is 2.27. The second-order valence-electron chi connectivity index (χ2n) is 4.09. The summed E-state index contributed by atoms with van der Waals surface area (Å²) < 4.78 is 22.5. The van der Waals surface area contributed by atoms with Crippen LogP contribution in [-0.4, -0.2) is 36.3 Å². The van der Waals surface area contributed by atoms with E-state index in [2.05, 4.69) is 10.3 Å². The number of carboxylic acid groups (broad SMARTS) is 1. The van der Waals surface area contributed by atoms with E-state index in [1.165, 1.54) is 12.3 Å². The van der Waals surface area contributed by atoms with E-state index in [0.29, 0.717) is 11.4 Å². The van der Waals surface area contributed by atoms with Crippen molar-refractivity contribution in [2.45, 2.75) is 13.0 Å². The van der Waals surface area contributed by atoms with Gasteiger partial charge in [-0.2, -0.15) is 0 Å². The van der Waals surface area contributed by atoms with E-state index in [0.717, 1.165) is 5.41 Å². The molecule has 0 spiro atoms. The molecule has 0 fully saturated rings. The van der Waals surface area contributed by atoms with Gasteiger partial charge < -0.3 is 10.4 Å². The first kappa shape index (κ1) is 12.6. The van der Waals surface area contributed by atoms with Gasteiger partial charge in [0.15, 0.2) is 9.84 Å². The standard InChI is InChI=1S/C11H12N2O4S/c1-7-4-10(9(5-12-7)11(14)15)13-8-2-3-18(16,17)6-8/h2-5,8H,6H2,1H3,(H,12,13)(H,14,15). The van der Waals surface area contributed by atoms with E-state index in [9.17, 15) is 13.2 Å². The van der Waals surface area contributed by atoms with Crippen LogP contribution in [0.5, 0.6) is 0 Å². The quantitative estimate of drug-likeness (QED) is 0.842. The molecular formula is C11H12N2O4S. The predicted octanol–water partition coefficient (Wildman–Crippen LogP) is 0.811. The Kier molecular flexibility index (Phi) is 3.08. The second kappa shape index (κ2) is 4.41. The monoisotopic (exact) mass is 268 g/mol. The number of pyridine rings is 1. The lowest BCUT2D eigenvalue weighted by atomic mass is 10.2. The van der Waals surface area contributed by atoms with Crippen LogP contribution in [0.4, 0.5) is 5.69 Å². The van der Waals surface area contributed by atoms with Gasteiger partial charge in [-0.1, -0.05) is 6.08 Å². The van der Waals surface area contributed by atoms with Gasteiger partial charge >= 0.3 is 5.97 Å². The van der Waals surface area contributed by atoms with Gasteiger partial charge in [-0.3, -0.25) is 4.98 Å². The van der Waals surface area contributed by atoms with Crippen LogP contribution in [0.25, 0.3) is 0 Å². The molecule has 0 aromatic carbocycles. The van der Waals surface area contributed by atoms with E-state index < -0.39 is 21.8 Å². The number of sulfone groups is 1. The van der Waals surface area contributed by atoms with Crippen LogP contribution in [0.1, 0.15) is 16.1 Å². The number of anilines is 1. The highest BCUT2D eigenvalue weighted by molar-refractivity contribution is 7.94. The number of hydrogen-bond donors (Lipinski definition) is 2. The third-order valence-corrected chi connectivity index (χ3v) is 3.94. The molecule has 18 heavy (non-hydrogen) atoms. The summed E-state index contributed by atoms with van der Waals surface area (Å²) in [6, 6.07) is 1.18. The molecule has 1 aliphatic heterocycles. The van der Waals surface area contributed by atoms with E-state index in [4.69, 9.17) is 5.11 Å². The molecule has 0 radical (unpaired) electrons. The van der Waals surface area contributed by atoms with E-state index in [1.54, 1.807) is 13.0 Å². The Morgan fingerprint density at radius 1 is 1.56 bits per heavy atom. The average Bonchev–Trinajstić information content (AvgIpc) is 2.57. The lowest BCUT2D eigenvalue weighted by molar-refractivity contribution is 0.0697. The second-order valence-corrected chi connectivity index (χ2v) is 6.02. The van der Waals surface area contributed by atoms with Gasteiger partial charge in [0.05, 0.1) is 17.5 Å². The predicted molar refractivity (Wildman–Crippen MR) is 66.3 cm³/mol. The first-order valence-electron chi connectivity index (χ1n) is 5.25. The zero-order chi connectivity index (χ0) is 13.3. The molecular weight excluding hydrogens is 256 g/mol. The third kappa shape index (κ3) is 2.67. The maximum atomic E-state index is 11.3. The molecule has 0 saturated carbocycles. The molecule has 0 aliphatic carbocycles. The molecule has 1 atom stereocenters. The van der Waals surface area contributed by atoms with Crippen molar-refractivity contribution in [3.05, 3.63) is 35.0 Å². The lowest BCUT2D eigenvalue weighted by Crippen LogP contribution is -2.22. The number of aryl methyl sites for hydroxylation is 1. The highest BCUT2D eigenvalue weighted by Gasteiger charge is 2.23. The molecule has 2 N–H and O–H groups in total. The van der Waals surface area contributed by atoms with Gasteiger partial charge in [-0.25, -0.2) is 13.2 Å². The maximum absolute atomic E-state index is 11.3. The fourth-order valence-electron chi connectivity index (χ4n) is 1.72. The molecule has 1 unspecified atom stereocenters. The summed E-state index contributed by atoms with van der Waals surface area (Å²) in [6.45, 7) is 1.73. The zero-order valence-corrected chi connectivity index (χ0v) is 10.4. The van der Waals surface area contributed by atoms with Gasteiger partial charge in [0.2, 0.25) is 0 Å². The molecule has 96 valence electrons. The Bertz CT molecular complexity index is 622. The summed E-state index contributed by atoms with van der Waals surface area (Å²) in [7, 11) is -3.16. The summed E-state index contributed by atoms with van der Waals surface area (Å²) in [5, 5.41) is 13.1. The van der Waals surface area contributed by atoms with Crippen LogP contribution in [0, 0.1) is 6.92 Å². The molecule has 2 rings (SSSR count). The third-order valence-electron chi connectivity index (χ3n) is 2.54. The van der Waals surface area contributed by atoms with Crippen LogP contribution in [0.3, 0.4) is 0 Å². The summed E-state index contributed by atoms with van der Waals surface area (Å²) in [5.74, 6) is -1.16. The molecule has 1 aromatic heterocycles. The van der Waals surface area contributed by atoms with E-state index in [1.807, 2.05) is 0 Å². The van der Waals surface area contributed by atoms with E-state index >= 15 is 0 Å². The first-order valence-corrected chi connectivity index (χ1v) is 6.96. The Hall–Kier alpha value is -1.89. The highest BCUT2D eigenvalue weighted by atomic mass is 32.2. The van der Waals surface area contributed by atoms with Crippen molar-refractivity contribution in [3.63, 3.8) is 0 Å². The van der Waals surface area contributed by atoms with Gasteiger partial charge in [0, 0.05) is 17.3 Å². The minimum Gasteiger partial charge on any atom is -0.478 e. The fourth-order valence-corrected chi connectivity index (χ4v) is 2.95. The Labute approximate surface area is 104 Å². The van der Waals surface area contributed by atoms with Crippen molar-refractivity contribution >= 4 is 21.5 Å². The molecule has 2 heterocycles. The molecule has 1 aromatic rings. The highest BCUT2D eigenvalue weighted by Crippen LogP contribution is 2.20. The summed E-state index contributed by atoms with van der Waals surface area (Å²) in [4.78, 5) is 14.9. The molecule has 0 bridgehead atoms. The summed E-state index contributed by atoms with van der Waals surface area (Å²) in [5.41, 5.74) is 1.06. The van der Waals surface area contributed by atoms with Crippen molar-refractivity contribution in [2.24, 2.45) is 0 Å². The number of carboxylic acids is 1. The number of aromatic carboxylic acids is 1. The number of nitrogens with one attached hydrogen (secondary N) is 1. The number of carbonyl (C=O) groups is 1. The van der Waals surface area contributed by atoms with Crippen molar-refractivity contribution < 1.29 is 18.3 Å². The lowest BCUT2D eigenvalue weighted by Gasteiger charge is -2.14. The first-order chi connectivity index (χ1) is 8.37. The largest absolute Gasteiger partial charge is 0.478 e. The van der Waals surface area contributed by atoms with Gasteiger partial charge in [-0.05, 0) is 13.0 Å². The van der Waals surface area contributed by atoms with Crippen LogP contribution in [0.15, 0.2) is 23.7 Å². The SMILES string of the molecule is Cc1cc(NC2C=CS(=O)(=O)C2)c(C(=O)O)cn1. The molecule has 1 aliphatic rings. The van der Waals surface area contributed by atoms with Crippen LogP contribution < -0.4 is 5.32 Å². The minimum atomic E-state index is -3.16.